The second kappa shape index (κ2) is 3.77. The summed E-state index contributed by atoms with van der Waals surface area (Å²) in [6.45, 7) is 4.20. The molecule has 0 aliphatic rings. The van der Waals surface area contributed by atoms with E-state index in [4.69, 9.17) is 5.73 Å². The van der Waals surface area contributed by atoms with Crippen LogP contribution in [0.1, 0.15) is 26.3 Å². The summed E-state index contributed by atoms with van der Waals surface area (Å²) in [6.07, 6.45) is 2.46. The van der Waals surface area contributed by atoms with Crippen molar-refractivity contribution in [2.45, 2.75) is 26.3 Å². The van der Waals surface area contributed by atoms with Crippen LogP contribution >= 0.6 is 15.9 Å². The van der Waals surface area contributed by atoms with Crippen LogP contribution < -0.4 is 5.73 Å². The SMILES string of the molecule is CCC(C)n1nc(Br)c2c(N)ncnc21. The van der Waals surface area contributed by atoms with Crippen molar-refractivity contribution in [2.75, 3.05) is 5.73 Å². The Bertz CT molecular complexity index is 492. The minimum absolute atomic E-state index is 0.299. The molecule has 6 heteroatoms. The van der Waals surface area contributed by atoms with E-state index in [-0.39, 0.29) is 0 Å². The smallest absolute Gasteiger partial charge is 0.164 e. The van der Waals surface area contributed by atoms with Crippen LogP contribution in [0.3, 0.4) is 0 Å². The first-order chi connectivity index (χ1) is 7.15. The zero-order valence-electron chi connectivity index (χ0n) is 8.61. The molecular weight excluding hydrogens is 258 g/mol. The maximum atomic E-state index is 5.78. The highest BCUT2D eigenvalue weighted by molar-refractivity contribution is 9.10. The standard InChI is InChI=1S/C9H12BrN5/c1-3-5(2)15-9-6(7(10)14-15)8(11)12-4-13-9/h4-5H,3H2,1-2H3,(H2,11,12,13). The lowest BCUT2D eigenvalue weighted by atomic mass is 10.3. The van der Waals surface area contributed by atoms with Crippen molar-refractivity contribution in [3.8, 4) is 0 Å². The summed E-state index contributed by atoms with van der Waals surface area (Å²) in [4.78, 5) is 8.16. The molecule has 5 nitrogen and oxygen atoms in total. The lowest BCUT2D eigenvalue weighted by Crippen LogP contribution is -2.06. The number of nitrogens with two attached hydrogens (primary N) is 1. The van der Waals surface area contributed by atoms with Gasteiger partial charge in [0.25, 0.3) is 0 Å². The van der Waals surface area contributed by atoms with Crippen molar-refractivity contribution >= 4 is 32.8 Å². The maximum Gasteiger partial charge on any atom is 0.164 e. The number of nitrogens with zero attached hydrogens (tertiary/aromatic N) is 4. The number of halogens is 1. The molecule has 1 atom stereocenters. The fourth-order valence-electron chi connectivity index (χ4n) is 1.43. The molecule has 1 unspecified atom stereocenters. The summed E-state index contributed by atoms with van der Waals surface area (Å²) in [6, 6.07) is 0.299. The highest BCUT2D eigenvalue weighted by Gasteiger charge is 2.15. The van der Waals surface area contributed by atoms with Gasteiger partial charge in [-0.05, 0) is 29.3 Å². The molecule has 0 saturated carbocycles. The Morgan fingerprint density at radius 1 is 1.53 bits per heavy atom. The number of hydrogen-bond donors (Lipinski definition) is 1. The van der Waals surface area contributed by atoms with Gasteiger partial charge in [-0.2, -0.15) is 5.10 Å². The minimum Gasteiger partial charge on any atom is -0.383 e. The van der Waals surface area contributed by atoms with Gasteiger partial charge < -0.3 is 5.73 Å². The van der Waals surface area contributed by atoms with Crippen LogP contribution in [0.25, 0.3) is 11.0 Å². The molecule has 0 aliphatic heterocycles. The van der Waals surface area contributed by atoms with E-state index in [1.54, 1.807) is 0 Å². The number of anilines is 1. The summed E-state index contributed by atoms with van der Waals surface area (Å²) in [7, 11) is 0. The van der Waals surface area contributed by atoms with Crippen LogP contribution in [0.15, 0.2) is 10.9 Å². The van der Waals surface area contributed by atoms with Crippen molar-refractivity contribution in [3.63, 3.8) is 0 Å². The highest BCUT2D eigenvalue weighted by atomic mass is 79.9. The van der Waals surface area contributed by atoms with Crippen LogP contribution in [0.4, 0.5) is 5.82 Å². The Kier molecular flexibility index (Phi) is 2.60. The fraction of sp³-hybridized carbons (Fsp3) is 0.444. The summed E-state index contributed by atoms with van der Waals surface area (Å²) in [5.41, 5.74) is 6.56. The van der Waals surface area contributed by atoms with E-state index in [2.05, 4.69) is 44.8 Å². The molecule has 80 valence electrons. The van der Waals surface area contributed by atoms with Crippen LogP contribution in [0, 0.1) is 0 Å². The molecule has 2 rings (SSSR count). The molecule has 0 aromatic carbocycles. The number of hydrogen-bond acceptors (Lipinski definition) is 4. The molecule has 0 aliphatic carbocycles. The van der Waals surface area contributed by atoms with Crippen LogP contribution in [-0.2, 0) is 0 Å². The summed E-state index contributed by atoms with van der Waals surface area (Å²) in [5.74, 6) is 0.460. The number of nitrogen functional groups attached to an aromatic ring is 1. The first-order valence-corrected chi connectivity index (χ1v) is 5.58. The molecule has 0 spiro atoms. The van der Waals surface area contributed by atoms with Crippen LogP contribution in [0.2, 0.25) is 0 Å². The highest BCUT2D eigenvalue weighted by Crippen LogP contribution is 2.27. The van der Waals surface area contributed by atoms with Gasteiger partial charge in [-0.1, -0.05) is 6.92 Å². The van der Waals surface area contributed by atoms with Crippen LogP contribution in [0.5, 0.6) is 0 Å². The molecule has 2 heterocycles. The number of rotatable bonds is 2. The van der Waals surface area contributed by atoms with Gasteiger partial charge in [-0.15, -0.1) is 0 Å². The van der Waals surface area contributed by atoms with Gasteiger partial charge >= 0.3 is 0 Å². The predicted octanol–water partition coefficient (Wildman–Crippen LogP) is 2.14. The van der Waals surface area contributed by atoms with Gasteiger partial charge in [0.2, 0.25) is 0 Å². The quantitative estimate of drug-likeness (QED) is 0.907. The molecule has 15 heavy (non-hydrogen) atoms. The first-order valence-electron chi connectivity index (χ1n) is 4.79. The zero-order valence-corrected chi connectivity index (χ0v) is 10.2. The average Bonchev–Trinajstić information content (AvgIpc) is 2.56. The lowest BCUT2D eigenvalue weighted by molar-refractivity contribution is 0.487. The largest absolute Gasteiger partial charge is 0.383 e. The molecule has 2 aromatic heterocycles. The van der Waals surface area contributed by atoms with E-state index in [1.807, 2.05) is 4.68 Å². The van der Waals surface area contributed by atoms with Crippen molar-refractivity contribution in [1.29, 1.82) is 0 Å². The average molecular weight is 270 g/mol. The summed E-state index contributed by atoms with van der Waals surface area (Å²) in [5, 5.41) is 5.16. The fourth-order valence-corrected chi connectivity index (χ4v) is 1.98. The summed E-state index contributed by atoms with van der Waals surface area (Å²) >= 11 is 3.37. The minimum atomic E-state index is 0.299. The van der Waals surface area contributed by atoms with E-state index in [1.165, 1.54) is 6.33 Å². The van der Waals surface area contributed by atoms with Crippen molar-refractivity contribution in [3.05, 3.63) is 10.9 Å². The number of aromatic nitrogens is 4. The molecular formula is C9H12BrN5. The third-order valence-corrected chi connectivity index (χ3v) is 3.04. The normalized spacial score (nSPS) is 13.3. The van der Waals surface area contributed by atoms with Gasteiger partial charge in [0.05, 0.1) is 11.4 Å². The number of fused-ring (bicyclic) bond motifs is 1. The van der Waals surface area contributed by atoms with Gasteiger partial charge in [0.15, 0.2) is 5.65 Å². The Hall–Kier alpha value is -1.17. The second-order valence-corrected chi connectivity index (χ2v) is 4.20. The van der Waals surface area contributed by atoms with E-state index >= 15 is 0 Å². The van der Waals surface area contributed by atoms with Gasteiger partial charge in [-0.3, -0.25) is 0 Å². The summed E-state index contributed by atoms with van der Waals surface area (Å²) < 4.78 is 2.58. The van der Waals surface area contributed by atoms with Gasteiger partial charge in [-0.25, -0.2) is 14.6 Å². The van der Waals surface area contributed by atoms with Crippen molar-refractivity contribution in [2.24, 2.45) is 0 Å². The molecule has 2 N–H and O–H groups in total. The van der Waals surface area contributed by atoms with Gasteiger partial charge in [0.1, 0.15) is 16.7 Å². The Morgan fingerprint density at radius 2 is 2.27 bits per heavy atom. The third-order valence-electron chi connectivity index (χ3n) is 2.48. The predicted molar refractivity (Wildman–Crippen MR) is 62.4 cm³/mol. The topological polar surface area (TPSA) is 69.6 Å². The molecule has 0 radical (unpaired) electrons. The maximum absolute atomic E-state index is 5.78. The van der Waals surface area contributed by atoms with E-state index in [0.29, 0.717) is 16.5 Å². The molecule has 0 amide bonds. The zero-order chi connectivity index (χ0) is 11.0. The Balaban J connectivity index is 2.73. The first kappa shape index (κ1) is 10.4. The van der Waals surface area contributed by atoms with E-state index in [9.17, 15) is 0 Å². The van der Waals surface area contributed by atoms with Crippen molar-refractivity contribution < 1.29 is 0 Å². The lowest BCUT2D eigenvalue weighted by Gasteiger charge is -2.09. The third kappa shape index (κ3) is 1.58. The monoisotopic (exact) mass is 269 g/mol. The Labute approximate surface area is 95.8 Å². The molecule has 0 bridgehead atoms. The second-order valence-electron chi connectivity index (χ2n) is 3.45. The van der Waals surface area contributed by atoms with Crippen LogP contribution in [-0.4, -0.2) is 19.7 Å². The molecule has 2 aromatic rings. The molecule has 0 fully saturated rings. The van der Waals surface area contributed by atoms with E-state index in [0.717, 1.165) is 17.5 Å². The van der Waals surface area contributed by atoms with Gasteiger partial charge in [0, 0.05) is 0 Å². The van der Waals surface area contributed by atoms with E-state index < -0.39 is 0 Å². The van der Waals surface area contributed by atoms with Crippen molar-refractivity contribution in [1.82, 2.24) is 19.7 Å². The Morgan fingerprint density at radius 3 is 2.93 bits per heavy atom. The molecule has 0 saturated heterocycles.